The second kappa shape index (κ2) is 11.1. The topological polar surface area (TPSA) is 73.9 Å². The van der Waals surface area contributed by atoms with Crippen LogP contribution in [0, 0.1) is 0 Å². The summed E-state index contributed by atoms with van der Waals surface area (Å²) in [5.41, 5.74) is 5.06. The largest absolute Gasteiger partial charge is 0.490 e. The Morgan fingerprint density at radius 1 is 1.03 bits per heavy atom. The Hall–Kier alpha value is -3.26. The van der Waals surface area contributed by atoms with Gasteiger partial charge in [-0.1, -0.05) is 53.5 Å². The summed E-state index contributed by atoms with van der Waals surface area (Å²) in [7, 11) is 1.33. The van der Waals surface area contributed by atoms with Crippen LogP contribution >= 0.6 is 39.1 Å². The van der Waals surface area contributed by atoms with Gasteiger partial charge in [0, 0.05) is 28.3 Å². The number of methoxy groups -OCH3 is 1. The minimum absolute atomic E-state index is 0.138. The van der Waals surface area contributed by atoms with Gasteiger partial charge in [0.25, 0.3) is 0 Å². The van der Waals surface area contributed by atoms with Gasteiger partial charge in [-0.3, -0.25) is 4.79 Å². The van der Waals surface area contributed by atoms with Crippen molar-refractivity contribution in [3.05, 3.63) is 108 Å². The molecule has 2 aliphatic rings. The van der Waals surface area contributed by atoms with Crippen LogP contribution in [0.5, 0.6) is 11.5 Å². The van der Waals surface area contributed by atoms with Crippen LogP contribution in [0.1, 0.15) is 46.8 Å². The van der Waals surface area contributed by atoms with E-state index < -0.39 is 11.9 Å². The smallest absolute Gasteiger partial charge is 0.336 e. The number of carbonyl (C=O) groups is 2. The third kappa shape index (κ3) is 4.95. The van der Waals surface area contributed by atoms with Crippen LogP contribution in [0.25, 0.3) is 5.70 Å². The minimum atomic E-state index is -0.687. The molecule has 1 aliphatic carbocycles. The molecule has 0 aromatic heterocycles. The number of Topliss-reactive ketones (excluding diaryl/α,β-unsaturated/α-hetero) is 1. The first-order chi connectivity index (χ1) is 18.7. The van der Waals surface area contributed by atoms with Gasteiger partial charge in [-0.2, -0.15) is 0 Å². The van der Waals surface area contributed by atoms with Crippen LogP contribution in [0.2, 0.25) is 10.0 Å². The molecule has 9 heteroatoms. The van der Waals surface area contributed by atoms with Gasteiger partial charge in [0.15, 0.2) is 17.3 Å². The van der Waals surface area contributed by atoms with E-state index in [1.165, 1.54) is 7.11 Å². The van der Waals surface area contributed by atoms with Gasteiger partial charge in [-0.25, -0.2) is 4.79 Å². The van der Waals surface area contributed by atoms with E-state index in [1.54, 1.807) is 18.2 Å². The fourth-order valence-corrected chi connectivity index (χ4v) is 5.88. The molecule has 0 spiro atoms. The first-order valence-corrected chi connectivity index (χ1v) is 13.8. The number of halogens is 3. The van der Waals surface area contributed by atoms with Crippen molar-refractivity contribution in [2.45, 2.75) is 26.4 Å². The number of fused-ring (bicyclic) bond motifs is 2. The van der Waals surface area contributed by atoms with E-state index in [0.29, 0.717) is 66.3 Å². The van der Waals surface area contributed by atoms with Crippen molar-refractivity contribution in [2.75, 3.05) is 13.7 Å². The van der Waals surface area contributed by atoms with Crippen molar-refractivity contribution in [1.82, 2.24) is 5.32 Å². The van der Waals surface area contributed by atoms with Crippen molar-refractivity contribution < 1.29 is 23.8 Å². The van der Waals surface area contributed by atoms with Crippen LogP contribution in [0.15, 0.2) is 75.9 Å². The van der Waals surface area contributed by atoms with Crippen molar-refractivity contribution in [1.29, 1.82) is 0 Å². The summed E-state index contributed by atoms with van der Waals surface area (Å²) < 4.78 is 17.9. The van der Waals surface area contributed by atoms with E-state index in [9.17, 15) is 9.59 Å². The molecule has 0 saturated heterocycles. The highest BCUT2D eigenvalue weighted by atomic mass is 79.9. The Balaban J connectivity index is 1.60. The number of ether oxygens (including phenoxy) is 3. The molecule has 0 amide bonds. The average molecular weight is 629 g/mol. The Bertz CT molecular complexity index is 1580. The lowest BCUT2D eigenvalue weighted by atomic mass is 9.79. The molecule has 5 rings (SSSR count). The number of allylic oxidation sites excluding steroid dienone is 2. The van der Waals surface area contributed by atoms with Crippen LogP contribution < -0.4 is 14.8 Å². The zero-order valence-electron chi connectivity index (χ0n) is 21.4. The Morgan fingerprint density at radius 2 is 1.77 bits per heavy atom. The first-order valence-electron chi connectivity index (χ1n) is 12.2. The summed E-state index contributed by atoms with van der Waals surface area (Å²) in [4.78, 5) is 26.8. The molecule has 39 heavy (non-hydrogen) atoms. The maximum atomic E-state index is 13.7. The normalized spacial score (nSPS) is 16.1. The van der Waals surface area contributed by atoms with Crippen molar-refractivity contribution in [3.8, 4) is 11.5 Å². The summed E-state index contributed by atoms with van der Waals surface area (Å²) in [5, 5.41) is 4.19. The highest BCUT2D eigenvalue weighted by Crippen LogP contribution is 2.49. The van der Waals surface area contributed by atoms with E-state index in [0.717, 1.165) is 11.1 Å². The van der Waals surface area contributed by atoms with Crippen molar-refractivity contribution >= 4 is 56.6 Å². The molecule has 0 unspecified atom stereocenters. The number of benzene rings is 3. The fourth-order valence-electron chi connectivity index (χ4n) is 4.99. The molecule has 3 aromatic carbocycles. The van der Waals surface area contributed by atoms with E-state index >= 15 is 0 Å². The van der Waals surface area contributed by atoms with Crippen molar-refractivity contribution in [3.63, 3.8) is 0 Å². The molecule has 0 bridgehead atoms. The predicted octanol–water partition coefficient (Wildman–Crippen LogP) is 7.48. The monoisotopic (exact) mass is 627 g/mol. The molecule has 6 nitrogen and oxygen atoms in total. The number of carbonyl (C=O) groups excluding carboxylic acids is 2. The third-order valence-electron chi connectivity index (χ3n) is 6.69. The van der Waals surface area contributed by atoms with Gasteiger partial charge in [-0.05, 0) is 65.2 Å². The van der Waals surface area contributed by atoms with Crippen LogP contribution in [0.3, 0.4) is 0 Å². The van der Waals surface area contributed by atoms with Gasteiger partial charge in [0.2, 0.25) is 0 Å². The number of hydrogen-bond acceptors (Lipinski definition) is 6. The van der Waals surface area contributed by atoms with Gasteiger partial charge >= 0.3 is 5.97 Å². The fraction of sp³-hybridized carbons (Fsp3) is 0.200. The number of ketones is 1. The van der Waals surface area contributed by atoms with Gasteiger partial charge in [0.05, 0.1) is 39.5 Å². The van der Waals surface area contributed by atoms with Gasteiger partial charge in [0.1, 0.15) is 6.61 Å². The maximum absolute atomic E-state index is 13.7. The second-order valence-corrected chi connectivity index (χ2v) is 10.7. The zero-order chi connectivity index (χ0) is 27.8. The van der Waals surface area contributed by atoms with Crippen LogP contribution in [-0.4, -0.2) is 25.5 Å². The van der Waals surface area contributed by atoms with Gasteiger partial charge < -0.3 is 19.5 Å². The van der Waals surface area contributed by atoms with Crippen LogP contribution in [-0.2, 0) is 16.1 Å². The molecule has 1 heterocycles. The van der Waals surface area contributed by atoms with E-state index in [2.05, 4.69) is 21.2 Å². The van der Waals surface area contributed by atoms with E-state index in [4.69, 9.17) is 37.4 Å². The predicted molar refractivity (Wildman–Crippen MR) is 154 cm³/mol. The van der Waals surface area contributed by atoms with Crippen LogP contribution in [0.4, 0.5) is 0 Å². The SMILES string of the molecule is CCOc1cc([C@@H]2C(C(=O)OC)=C(C)NC3=C2C(=O)c2ccccc23)cc(Br)c1OCc1ccc(Cl)c(Cl)c1. The summed E-state index contributed by atoms with van der Waals surface area (Å²) >= 11 is 15.8. The number of hydrogen-bond donors (Lipinski definition) is 1. The molecule has 200 valence electrons. The summed E-state index contributed by atoms with van der Waals surface area (Å²) in [5.74, 6) is -0.396. The molecule has 1 aliphatic heterocycles. The molecule has 0 saturated carbocycles. The Labute approximate surface area is 244 Å². The lowest BCUT2D eigenvalue weighted by Crippen LogP contribution is -2.29. The molecule has 0 radical (unpaired) electrons. The molecule has 3 aromatic rings. The molecular formula is C30H24BrCl2NO5. The number of esters is 1. The molecule has 1 atom stereocenters. The summed E-state index contributed by atoms with van der Waals surface area (Å²) in [6.07, 6.45) is 0. The lowest BCUT2D eigenvalue weighted by molar-refractivity contribution is -0.136. The van der Waals surface area contributed by atoms with E-state index in [-0.39, 0.29) is 12.4 Å². The maximum Gasteiger partial charge on any atom is 0.336 e. The zero-order valence-corrected chi connectivity index (χ0v) is 24.5. The molecular weight excluding hydrogens is 605 g/mol. The third-order valence-corrected chi connectivity index (χ3v) is 8.01. The number of rotatable bonds is 7. The quantitative estimate of drug-likeness (QED) is 0.274. The summed E-state index contributed by atoms with van der Waals surface area (Å²) in [6, 6.07) is 16.4. The number of nitrogens with one attached hydrogen (secondary N) is 1. The number of dihydropyridines is 1. The Kier molecular flexibility index (Phi) is 7.76. The molecule has 1 N–H and O–H groups in total. The van der Waals surface area contributed by atoms with Crippen molar-refractivity contribution in [2.24, 2.45) is 0 Å². The Morgan fingerprint density at radius 3 is 2.46 bits per heavy atom. The van der Waals surface area contributed by atoms with E-state index in [1.807, 2.05) is 50.2 Å². The average Bonchev–Trinajstić information content (AvgIpc) is 3.20. The second-order valence-electron chi connectivity index (χ2n) is 9.05. The molecule has 0 fully saturated rings. The minimum Gasteiger partial charge on any atom is -0.490 e. The highest BCUT2D eigenvalue weighted by molar-refractivity contribution is 9.10. The van der Waals surface area contributed by atoms with Gasteiger partial charge in [-0.15, -0.1) is 0 Å². The highest BCUT2D eigenvalue weighted by Gasteiger charge is 2.43. The standard InChI is InChI=1S/C30H24BrCl2NO5/c1-4-38-23-13-17(12-20(31)29(23)39-14-16-9-10-21(32)22(33)11-16)25-24(30(36)37-3)15(2)34-27-18-7-5-6-8-19(18)28(35)26(25)27/h5-13,25,34H,4,14H2,1-3H3/t25-/m1/s1. The first kappa shape index (κ1) is 27.3. The summed E-state index contributed by atoms with van der Waals surface area (Å²) in [6.45, 7) is 4.28. The lowest BCUT2D eigenvalue weighted by Gasteiger charge is -2.29.